The lowest BCUT2D eigenvalue weighted by Gasteiger charge is -2.21. The van der Waals surface area contributed by atoms with Gasteiger partial charge >= 0.3 is 0 Å². The molecule has 1 aromatic carbocycles. The van der Waals surface area contributed by atoms with Crippen LogP contribution in [0.15, 0.2) is 24.3 Å². The predicted molar refractivity (Wildman–Crippen MR) is 69.7 cm³/mol. The number of anilines is 1. The van der Waals surface area contributed by atoms with Gasteiger partial charge < -0.3 is 5.32 Å². The molecule has 16 heavy (non-hydrogen) atoms. The van der Waals surface area contributed by atoms with Crippen LogP contribution in [-0.4, -0.2) is 17.5 Å². The zero-order valence-electron chi connectivity index (χ0n) is 9.28. The minimum absolute atomic E-state index is 0.720. The molecule has 1 aliphatic heterocycles. The molecule has 0 aromatic heterocycles. The Morgan fingerprint density at radius 2 is 2.12 bits per heavy atom. The van der Waals surface area contributed by atoms with Gasteiger partial charge in [0, 0.05) is 17.5 Å². The van der Waals surface area contributed by atoms with Gasteiger partial charge in [-0.2, -0.15) is 17.0 Å². The van der Waals surface area contributed by atoms with E-state index in [-0.39, 0.29) is 0 Å². The molecule has 2 rings (SSSR count). The zero-order chi connectivity index (χ0) is 11.2. The summed E-state index contributed by atoms with van der Waals surface area (Å²) in [7, 11) is 0. The number of thioether (sulfide) groups is 1. The highest BCUT2D eigenvalue weighted by Crippen LogP contribution is 2.25. The molecular formula is C13H16N2S. The second-order valence-corrected chi connectivity index (χ2v) is 5.47. The first-order valence-electron chi connectivity index (χ1n) is 5.74. The van der Waals surface area contributed by atoms with E-state index < -0.39 is 0 Å². The van der Waals surface area contributed by atoms with E-state index in [1.54, 1.807) is 0 Å². The minimum Gasteiger partial charge on any atom is -0.384 e. The molecule has 1 N–H and O–H groups in total. The average Bonchev–Trinajstić information content (AvgIpc) is 2.38. The van der Waals surface area contributed by atoms with E-state index in [9.17, 15) is 0 Å². The minimum atomic E-state index is 0.720. The molecule has 1 aliphatic rings. The monoisotopic (exact) mass is 232 g/mol. The number of hydrogen-bond acceptors (Lipinski definition) is 3. The predicted octanol–water partition coefficient (Wildman–Crippen LogP) is 3.26. The summed E-state index contributed by atoms with van der Waals surface area (Å²) in [4.78, 5) is 0. The average molecular weight is 232 g/mol. The first kappa shape index (κ1) is 11.3. The van der Waals surface area contributed by atoms with Crippen LogP contribution < -0.4 is 5.32 Å². The third-order valence-corrected chi connectivity index (χ3v) is 4.22. The van der Waals surface area contributed by atoms with Gasteiger partial charge in [-0.15, -0.1) is 0 Å². The van der Waals surface area contributed by atoms with E-state index in [1.165, 1.54) is 25.0 Å². The summed E-state index contributed by atoms with van der Waals surface area (Å²) in [5.41, 5.74) is 1.84. The van der Waals surface area contributed by atoms with Crippen molar-refractivity contribution in [1.82, 2.24) is 0 Å². The normalized spacial score (nSPS) is 20.1. The SMILES string of the molecule is N#Cc1ccc(NCC2CCCCS2)cc1. The Kier molecular flexibility index (Phi) is 4.12. The van der Waals surface area contributed by atoms with Crippen LogP contribution in [0.4, 0.5) is 5.69 Å². The van der Waals surface area contributed by atoms with Crippen LogP contribution in [-0.2, 0) is 0 Å². The van der Waals surface area contributed by atoms with Gasteiger partial charge in [0.05, 0.1) is 11.6 Å². The largest absolute Gasteiger partial charge is 0.384 e. The Morgan fingerprint density at radius 3 is 2.75 bits per heavy atom. The molecule has 0 aliphatic carbocycles. The molecular weight excluding hydrogens is 216 g/mol. The second-order valence-electron chi connectivity index (χ2n) is 4.06. The highest BCUT2D eigenvalue weighted by Gasteiger charge is 2.12. The van der Waals surface area contributed by atoms with Crippen LogP contribution in [0.2, 0.25) is 0 Å². The van der Waals surface area contributed by atoms with Crippen molar-refractivity contribution in [3.05, 3.63) is 29.8 Å². The van der Waals surface area contributed by atoms with E-state index in [1.807, 2.05) is 24.3 Å². The first-order chi connectivity index (χ1) is 7.88. The molecule has 0 saturated carbocycles. The fourth-order valence-corrected chi connectivity index (χ4v) is 3.10. The van der Waals surface area contributed by atoms with Crippen LogP contribution in [0.1, 0.15) is 24.8 Å². The fourth-order valence-electron chi connectivity index (χ4n) is 1.86. The van der Waals surface area contributed by atoms with Gasteiger partial charge in [0.25, 0.3) is 0 Å². The molecule has 0 radical (unpaired) electrons. The first-order valence-corrected chi connectivity index (χ1v) is 6.79. The Labute approximate surface area is 101 Å². The number of nitriles is 1. The third kappa shape index (κ3) is 3.18. The van der Waals surface area contributed by atoms with Gasteiger partial charge in [-0.25, -0.2) is 0 Å². The molecule has 3 heteroatoms. The van der Waals surface area contributed by atoms with Crippen molar-refractivity contribution < 1.29 is 0 Å². The molecule has 1 saturated heterocycles. The van der Waals surface area contributed by atoms with E-state index >= 15 is 0 Å². The molecule has 0 spiro atoms. The van der Waals surface area contributed by atoms with Crippen LogP contribution in [0, 0.1) is 11.3 Å². The summed E-state index contributed by atoms with van der Waals surface area (Å²) in [6.07, 6.45) is 4.07. The molecule has 1 heterocycles. The van der Waals surface area contributed by atoms with Crippen molar-refractivity contribution in [1.29, 1.82) is 5.26 Å². The summed E-state index contributed by atoms with van der Waals surface area (Å²) in [5.74, 6) is 1.31. The Hall–Kier alpha value is -1.14. The summed E-state index contributed by atoms with van der Waals surface area (Å²) in [6.45, 7) is 1.04. The Morgan fingerprint density at radius 1 is 1.31 bits per heavy atom. The highest BCUT2D eigenvalue weighted by molar-refractivity contribution is 7.99. The van der Waals surface area contributed by atoms with Crippen LogP contribution in [0.5, 0.6) is 0 Å². The fraction of sp³-hybridized carbons (Fsp3) is 0.462. The Balaban J connectivity index is 1.82. The lowest BCUT2D eigenvalue weighted by Crippen LogP contribution is -2.19. The van der Waals surface area contributed by atoms with Gasteiger partial charge in [-0.3, -0.25) is 0 Å². The number of rotatable bonds is 3. The maximum absolute atomic E-state index is 8.69. The lowest BCUT2D eigenvalue weighted by atomic mass is 10.2. The molecule has 1 aromatic rings. The second kappa shape index (κ2) is 5.81. The lowest BCUT2D eigenvalue weighted by molar-refractivity contribution is 0.677. The van der Waals surface area contributed by atoms with E-state index in [0.717, 1.165) is 23.0 Å². The van der Waals surface area contributed by atoms with Crippen molar-refractivity contribution in [3.63, 3.8) is 0 Å². The van der Waals surface area contributed by atoms with Crippen LogP contribution >= 0.6 is 11.8 Å². The molecule has 0 bridgehead atoms. The number of hydrogen-bond donors (Lipinski definition) is 1. The molecule has 1 atom stereocenters. The summed E-state index contributed by atoms with van der Waals surface area (Å²) in [5, 5.41) is 12.9. The Bertz CT molecular complexity index is 361. The molecule has 2 nitrogen and oxygen atoms in total. The van der Waals surface area contributed by atoms with Crippen LogP contribution in [0.3, 0.4) is 0 Å². The van der Waals surface area contributed by atoms with Crippen molar-refractivity contribution >= 4 is 17.4 Å². The van der Waals surface area contributed by atoms with Crippen molar-refractivity contribution in [2.24, 2.45) is 0 Å². The van der Waals surface area contributed by atoms with Gasteiger partial charge in [-0.1, -0.05) is 6.42 Å². The molecule has 84 valence electrons. The van der Waals surface area contributed by atoms with Crippen LogP contribution in [0.25, 0.3) is 0 Å². The van der Waals surface area contributed by atoms with Gasteiger partial charge in [-0.05, 0) is 42.9 Å². The standard InChI is InChI=1S/C13H16N2S/c14-9-11-4-6-12(7-5-11)15-10-13-3-1-2-8-16-13/h4-7,13,15H,1-3,8,10H2. The maximum Gasteiger partial charge on any atom is 0.0991 e. The number of nitrogens with one attached hydrogen (secondary N) is 1. The topological polar surface area (TPSA) is 35.8 Å². The molecule has 0 amide bonds. The van der Waals surface area contributed by atoms with Gasteiger partial charge in [0.2, 0.25) is 0 Å². The van der Waals surface area contributed by atoms with Crippen molar-refractivity contribution in [2.75, 3.05) is 17.6 Å². The van der Waals surface area contributed by atoms with Gasteiger partial charge in [0.15, 0.2) is 0 Å². The van der Waals surface area contributed by atoms with Crippen molar-refractivity contribution in [2.45, 2.75) is 24.5 Å². The number of nitrogens with zero attached hydrogens (tertiary/aromatic N) is 1. The summed E-state index contributed by atoms with van der Waals surface area (Å²) < 4.78 is 0. The van der Waals surface area contributed by atoms with E-state index in [0.29, 0.717) is 0 Å². The zero-order valence-corrected chi connectivity index (χ0v) is 10.1. The smallest absolute Gasteiger partial charge is 0.0991 e. The quantitative estimate of drug-likeness (QED) is 0.869. The summed E-state index contributed by atoms with van der Waals surface area (Å²) in [6, 6.07) is 9.80. The number of benzene rings is 1. The van der Waals surface area contributed by atoms with E-state index in [2.05, 4.69) is 23.1 Å². The highest BCUT2D eigenvalue weighted by atomic mass is 32.2. The van der Waals surface area contributed by atoms with E-state index in [4.69, 9.17) is 5.26 Å². The van der Waals surface area contributed by atoms with Crippen molar-refractivity contribution in [3.8, 4) is 6.07 Å². The third-order valence-electron chi connectivity index (χ3n) is 2.82. The molecule has 1 fully saturated rings. The van der Waals surface area contributed by atoms with Gasteiger partial charge in [0.1, 0.15) is 0 Å². The maximum atomic E-state index is 8.69. The molecule has 1 unspecified atom stereocenters. The summed E-state index contributed by atoms with van der Waals surface area (Å²) >= 11 is 2.08.